The minimum absolute atomic E-state index is 0.274. The van der Waals surface area contributed by atoms with E-state index in [1.165, 1.54) is 0 Å². The molecular weight excluding hydrogens is 180 g/mol. The van der Waals surface area contributed by atoms with Crippen molar-refractivity contribution in [3.63, 3.8) is 0 Å². The second-order valence-electron chi connectivity index (χ2n) is 3.02. The molecule has 0 fully saturated rings. The average molecular weight is 194 g/mol. The van der Waals surface area contributed by atoms with Crippen LogP contribution in [-0.4, -0.2) is 5.97 Å². The molecule has 76 valence electrons. The molecule has 0 radical (unpaired) electrons. The van der Waals surface area contributed by atoms with Gasteiger partial charge >= 0.3 is 5.97 Å². The molecule has 0 atom stereocenters. The molecule has 0 amide bonds. The van der Waals surface area contributed by atoms with Crippen molar-refractivity contribution in [1.29, 1.82) is 0 Å². The maximum Gasteiger partial charge on any atom is 0.311 e. The Kier molecular flexibility index (Phi) is 3.34. The van der Waals surface area contributed by atoms with Crippen LogP contribution in [-0.2, 0) is 4.79 Å². The van der Waals surface area contributed by atoms with Crippen LogP contribution in [0, 0.1) is 0 Å². The van der Waals surface area contributed by atoms with Crippen LogP contribution in [0.1, 0.15) is 19.8 Å². The molecule has 0 bridgehead atoms. The van der Waals surface area contributed by atoms with E-state index in [2.05, 4.69) is 0 Å². The number of ether oxygens (including phenoxy) is 1. The molecule has 0 heterocycles. The molecule has 14 heavy (non-hydrogen) atoms. The number of esters is 1. The highest BCUT2D eigenvalue weighted by atomic mass is 16.5. The normalized spacial score (nSPS) is 9.79. The third kappa shape index (κ3) is 2.65. The van der Waals surface area contributed by atoms with Gasteiger partial charge in [0.1, 0.15) is 0 Å². The molecule has 0 aliphatic carbocycles. The van der Waals surface area contributed by atoms with E-state index in [1.807, 2.05) is 6.92 Å². The fourth-order valence-corrected chi connectivity index (χ4v) is 1.04. The van der Waals surface area contributed by atoms with Crippen molar-refractivity contribution >= 4 is 17.3 Å². The van der Waals surface area contributed by atoms with E-state index in [0.717, 1.165) is 6.42 Å². The first-order chi connectivity index (χ1) is 6.63. The predicted molar refractivity (Wildman–Crippen MR) is 55.8 cm³/mol. The lowest BCUT2D eigenvalue weighted by molar-refractivity contribution is -0.134. The number of nitrogen functional groups attached to an aromatic ring is 2. The van der Waals surface area contributed by atoms with Crippen molar-refractivity contribution in [2.24, 2.45) is 0 Å². The summed E-state index contributed by atoms with van der Waals surface area (Å²) >= 11 is 0. The lowest BCUT2D eigenvalue weighted by Crippen LogP contribution is -2.08. The van der Waals surface area contributed by atoms with Crippen LogP contribution in [0.4, 0.5) is 11.4 Å². The number of benzene rings is 1. The SMILES string of the molecule is CCCC(=O)Oc1ccc(N)cc1N. The van der Waals surface area contributed by atoms with Crippen LogP contribution >= 0.6 is 0 Å². The van der Waals surface area contributed by atoms with E-state index in [1.54, 1.807) is 18.2 Å². The topological polar surface area (TPSA) is 78.3 Å². The molecule has 1 aromatic carbocycles. The number of carbonyl (C=O) groups is 1. The summed E-state index contributed by atoms with van der Waals surface area (Å²) in [6.45, 7) is 1.91. The van der Waals surface area contributed by atoms with E-state index in [9.17, 15) is 4.79 Å². The van der Waals surface area contributed by atoms with Gasteiger partial charge in [-0.1, -0.05) is 6.92 Å². The van der Waals surface area contributed by atoms with Gasteiger partial charge in [-0.3, -0.25) is 4.79 Å². The summed E-state index contributed by atoms with van der Waals surface area (Å²) in [7, 11) is 0. The lowest BCUT2D eigenvalue weighted by Gasteiger charge is -2.06. The van der Waals surface area contributed by atoms with Crippen molar-refractivity contribution in [3.05, 3.63) is 18.2 Å². The Morgan fingerprint density at radius 2 is 2.14 bits per heavy atom. The Morgan fingerprint density at radius 1 is 1.43 bits per heavy atom. The maximum absolute atomic E-state index is 11.1. The van der Waals surface area contributed by atoms with Crippen molar-refractivity contribution < 1.29 is 9.53 Å². The first-order valence-electron chi connectivity index (χ1n) is 4.49. The van der Waals surface area contributed by atoms with Gasteiger partial charge in [0.25, 0.3) is 0 Å². The largest absolute Gasteiger partial charge is 0.424 e. The van der Waals surface area contributed by atoms with Gasteiger partial charge < -0.3 is 16.2 Å². The fraction of sp³-hybridized carbons (Fsp3) is 0.300. The van der Waals surface area contributed by atoms with Crippen molar-refractivity contribution in [2.45, 2.75) is 19.8 Å². The third-order valence-corrected chi connectivity index (χ3v) is 1.71. The number of anilines is 2. The summed E-state index contributed by atoms with van der Waals surface area (Å²) in [5.41, 5.74) is 12.0. The van der Waals surface area contributed by atoms with Gasteiger partial charge in [-0.2, -0.15) is 0 Å². The van der Waals surface area contributed by atoms with Crippen LogP contribution in [0.15, 0.2) is 18.2 Å². The highest BCUT2D eigenvalue weighted by molar-refractivity contribution is 5.75. The number of nitrogens with two attached hydrogens (primary N) is 2. The van der Waals surface area contributed by atoms with E-state index in [-0.39, 0.29) is 5.97 Å². The molecule has 0 saturated heterocycles. The number of carbonyl (C=O) groups excluding carboxylic acids is 1. The van der Waals surface area contributed by atoms with E-state index < -0.39 is 0 Å². The van der Waals surface area contributed by atoms with Crippen molar-refractivity contribution in [1.82, 2.24) is 0 Å². The Balaban J connectivity index is 2.72. The number of hydrogen-bond acceptors (Lipinski definition) is 4. The molecule has 4 N–H and O–H groups in total. The summed E-state index contributed by atoms with van der Waals surface area (Å²) < 4.78 is 5.02. The number of rotatable bonds is 3. The van der Waals surface area contributed by atoms with Gasteiger partial charge in [0.2, 0.25) is 0 Å². The van der Waals surface area contributed by atoms with Crippen molar-refractivity contribution in [3.8, 4) is 5.75 Å². The summed E-state index contributed by atoms with van der Waals surface area (Å²) in [4.78, 5) is 11.1. The standard InChI is InChI=1S/C10H14N2O2/c1-2-3-10(13)14-9-5-4-7(11)6-8(9)12/h4-6H,2-3,11-12H2,1H3. The summed E-state index contributed by atoms with van der Waals surface area (Å²) in [5, 5.41) is 0. The van der Waals surface area contributed by atoms with E-state index >= 15 is 0 Å². The van der Waals surface area contributed by atoms with Gasteiger partial charge in [0, 0.05) is 12.1 Å². The van der Waals surface area contributed by atoms with Crippen LogP contribution < -0.4 is 16.2 Å². The van der Waals surface area contributed by atoms with Gasteiger partial charge in [0.05, 0.1) is 5.69 Å². The first-order valence-corrected chi connectivity index (χ1v) is 4.49. The molecule has 0 aliphatic rings. The molecule has 4 nitrogen and oxygen atoms in total. The van der Waals surface area contributed by atoms with E-state index in [0.29, 0.717) is 23.5 Å². The van der Waals surface area contributed by atoms with Gasteiger partial charge in [-0.05, 0) is 24.6 Å². The van der Waals surface area contributed by atoms with Gasteiger partial charge in [-0.15, -0.1) is 0 Å². The molecule has 0 saturated carbocycles. The summed E-state index contributed by atoms with van der Waals surface area (Å²) in [6, 6.07) is 4.80. The molecular formula is C10H14N2O2. The zero-order valence-electron chi connectivity index (χ0n) is 8.12. The molecule has 1 rings (SSSR count). The molecule has 0 aromatic heterocycles. The second kappa shape index (κ2) is 4.50. The molecule has 0 aliphatic heterocycles. The predicted octanol–water partition coefficient (Wildman–Crippen LogP) is 1.56. The minimum Gasteiger partial charge on any atom is -0.424 e. The summed E-state index contributed by atoms with van der Waals surface area (Å²) in [6.07, 6.45) is 1.15. The summed E-state index contributed by atoms with van der Waals surface area (Å²) in [5.74, 6) is 0.0987. The third-order valence-electron chi connectivity index (χ3n) is 1.71. The second-order valence-corrected chi connectivity index (χ2v) is 3.02. The van der Waals surface area contributed by atoms with Crippen LogP contribution in [0.3, 0.4) is 0 Å². The Bertz CT molecular complexity index is 337. The highest BCUT2D eigenvalue weighted by Crippen LogP contribution is 2.23. The van der Waals surface area contributed by atoms with Crippen LogP contribution in [0.25, 0.3) is 0 Å². The zero-order chi connectivity index (χ0) is 10.6. The Hall–Kier alpha value is -1.71. The average Bonchev–Trinajstić information content (AvgIpc) is 2.10. The van der Waals surface area contributed by atoms with Crippen LogP contribution in [0.5, 0.6) is 5.75 Å². The molecule has 1 aromatic rings. The zero-order valence-corrected chi connectivity index (χ0v) is 8.12. The smallest absolute Gasteiger partial charge is 0.311 e. The lowest BCUT2D eigenvalue weighted by atomic mass is 10.2. The minimum atomic E-state index is -0.274. The monoisotopic (exact) mass is 194 g/mol. The maximum atomic E-state index is 11.1. The molecule has 4 heteroatoms. The van der Waals surface area contributed by atoms with Crippen LogP contribution in [0.2, 0.25) is 0 Å². The fourth-order valence-electron chi connectivity index (χ4n) is 1.04. The Morgan fingerprint density at radius 3 is 2.71 bits per heavy atom. The molecule has 0 spiro atoms. The first kappa shape index (κ1) is 10.4. The number of hydrogen-bond donors (Lipinski definition) is 2. The van der Waals surface area contributed by atoms with Gasteiger partial charge in [-0.25, -0.2) is 0 Å². The van der Waals surface area contributed by atoms with E-state index in [4.69, 9.17) is 16.2 Å². The Labute approximate surface area is 82.8 Å². The molecule has 0 unspecified atom stereocenters. The highest BCUT2D eigenvalue weighted by Gasteiger charge is 2.06. The quantitative estimate of drug-likeness (QED) is 0.435. The van der Waals surface area contributed by atoms with Crippen molar-refractivity contribution in [2.75, 3.05) is 11.5 Å². The van der Waals surface area contributed by atoms with Gasteiger partial charge in [0.15, 0.2) is 5.75 Å².